The van der Waals surface area contributed by atoms with Crippen molar-refractivity contribution in [3.8, 4) is 0 Å². The highest BCUT2D eigenvalue weighted by Gasteiger charge is 2.27. The molecule has 0 unspecified atom stereocenters. The molecule has 1 aromatic rings. The van der Waals surface area contributed by atoms with Crippen molar-refractivity contribution in [3.63, 3.8) is 0 Å². The van der Waals surface area contributed by atoms with Gasteiger partial charge in [-0.3, -0.25) is 9.78 Å². The van der Waals surface area contributed by atoms with Gasteiger partial charge in [-0.15, -0.1) is 0 Å². The molecule has 0 aromatic carbocycles. The predicted molar refractivity (Wildman–Crippen MR) is 52.9 cm³/mol. The van der Waals surface area contributed by atoms with E-state index in [1.807, 2.05) is 0 Å². The van der Waals surface area contributed by atoms with Gasteiger partial charge in [-0.1, -0.05) is 0 Å². The highest BCUT2D eigenvalue weighted by Crippen LogP contribution is 2.21. The smallest absolute Gasteiger partial charge is 0.325 e. The van der Waals surface area contributed by atoms with Gasteiger partial charge in [0.25, 0.3) is 0 Å². The van der Waals surface area contributed by atoms with Crippen molar-refractivity contribution >= 4 is 11.6 Å². The maximum absolute atomic E-state index is 11.8. The van der Waals surface area contributed by atoms with Crippen LogP contribution in [-0.4, -0.2) is 17.1 Å². The average Bonchev–Trinajstić information content (AvgIpc) is 2.18. The van der Waals surface area contributed by atoms with E-state index >= 15 is 0 Å². The first kappa shape index (κ1) is 12.5. The van der Waals surface area contributed by atoms with E-state index in [-0.39, 0.29) is 0 Å². The summed E-state index contributed by atoms with van der Waals surface area (Å²) in [5.41, 5.74) is 1.20. The fourth-order valence-electron chi connectivity index (χ4n) is 1.06. The minimum absolute atomic E-state index is 0.440. The molecule has 1 N–H and O–H groups in total. The normalized spacial score (nSPS) is 11.2. The van der Waals surface area contributed by atoms with Crippen molar-refractivity contribution in [1.82, 2.24) is 4.98 Å². The van der Waals surface area contributed by atoms with Crippen LogP contribution in [0.25, 0.3) is 0 Å². The molecule has 0 bridgehead atoms. The summed E-state index contributed by atoms with van der Waals surface area (Å²) in [7, 11) is 0. The number of aryl methyl sites for hydroxylation is 1. The number of rotatable bonds is 3. The van der Waals surface area contributed by atoms with Crippen LogP contribution < -0.4 is 5.32 Å². The molecule has 0 atom stereocenters. The number of pyridine rings is 1. The highest BCUT2D eigenvalue weighted by atomic mass is 19.4. The van der Waals surface area contributed by atoms with E-state index in [9.17, 15) is 18.0 Å². The maximum Gasteiger partial charge on any atom is 0.389 e. The van der Waals surface area contributed by atoms with Crippen molar-refractivity contribution in [2.45, 2.75) is 25.9 Å². The number of hydrogen-bond donors (Lipinski definition) is 1. The van der Waals surface area contributed by atoms with Crippen LogP contribution in [0.1, 0.15) is 18.4 Å². The zero-order valence-corrected chi connectivity index (χ0v) is 8.64. The number of alkyl halides is 3. The molecular formula is C10H11F3N2O. The van der Waals surface area contributed by atoms with Crippen molar-refractivity contribution in [1.29, 1.82) is 0 Å². The molecule has 0 fully saturated rings. The summed E-state index contributed by atoms with van der Waals surface area (Å²) in [5.74, 6) is -0.659. The Bertz CT molecular complexity index is 377. The molecule has 1 rings (SSSR count). The maximum atomic E-state index is 11.8. The Balaban J connectivity index is 2.50. The average molecular weight is 232 g/mol. The van der Waals surface area contributed by atoms with Gasteiger partial charge in [-0.25, -0.2) is 0 Å². The number of nitrogens with zero attached hydrogens (tertiary/aromatic N) is 1. The number of carbonyl (C=O) groups is 1. The van der Waals surface area contributed by atoms with E-state index in [1.54, 1.807) is 19.2 Å². The Morgan fingerprint density at radius 3 is 2.75 bits per heavy atom. The van der Waals surface area contributed by atoms with Gasteiger partial charge in [0.2, 0.25) is 5.91 Å². The summed E-state index contributed by atoms with van der Waals surface area (Å²) >= 11 is 0. The van der Waals surface area contributed by atoms with Gasteiger partial charge in [0.1, 0.15) is 0 Å². The van der Waals surface area contributed by atoms with E-state index < -0.39 is 24.9 Å². The molecule has 0 saturated heterocycles. The topological polar surface area (TPSA) is 42.0 Å². The van der Waals surface area contributed by atoms with Crippen LogP contribution in [0.5, 0.6) is 0 Å². The Hall–Kier alpha value is -1.59. The van der Waals surface area contributed by atoms with Crippen molar-refractivity contribution in [2.75, 3.05) is 5.32 Å². The van der Waals surface area contributed by atoms with E-state index in [2.05, 4.69) is 10.3 Å². The summed E-state index contributed by atoms with van der Waals surface area (Å²) < 4.78 is 35.5. The molecule has 1 aromatic heterocycles. The first-order valence-corrected chi connectivity index (χ1v) is 4.66. The molecule has 1 amide bonds. The van der Waals surface area contributed by atoms with Crippen molar-refractivity contribution < 1.29 is 18.0 Å². The fraction of sp³-hybridized carbons (Fsp3) is 0.400. The number of anilines is 1. The summed E-state index contributed by atoms with van der Waals surface area (Å²) in [5, 5.41) is 2.38. The third-order valence-corrected chi connectivity index (χ3v) is 1.95. The Labute approximate surface area is 90.7 Å². The zero-order valence-electron chi connectivity index (χ0n) is 8.64. The predicted octanol–water partition coefficient (Wildman–Crippen LogP) is 2.67. The highest BCUT2D eigenvalue weighted by molar-refractivity contribution is 5.91. The second kappa shape index (κ2) is 4.96. The van der Waals surface area contributed by atoms with Crippen LogP contribution >= 0.6 is 0 Å². The third kappa shape index (κ3) is 4.29. The lowest BCUT2D eigenvalue weighted by molar-refractivity contribution is -0.142. The number of carbonyl (C=O) groups excluding carboxylic acids is 1. The van der Waals surface area contributed by atoms with Crippen molar-refractivity contribution in [3.05, 3.63) is 24.0 Å². The lowest BCUT2D eigenvalue weighted by Gasteiger charge is -2.08. The van der Waals surface area contributed by atoms with Gasteiger partial charge in [0, 0.05) is 12.6 Å². The number of aromatic nitrogens is 1. The number of halogens is 3. The summed E-state index contributed by atoms with van der Waals surface area (Å²) in [4.78, 5) is 14.9. The monoisotopic (exact) mass is 232 g/mol. The van der Waals surface area contributed by atoms with Crippen molar-refractivity contribution in [2.24, 2.45) is 0 Å². The van der Waals surface area contributed by atoms with Crippen LogP contribution in [0.4, 0.5) is 18.9 Å². The molecule has 0 saturated carbocycles. The Morgan fingerprint density at radius 1 is 1.50 bits per heavy atom. The summed E-state index contributed by atoms with van der Waals surface area (Å²) in [6.07, 6.45) is -3.04. The van der Waals surface area contributed by atoms with Crippen LogP contribution in [0.15, 0.2) is 18.5 Å². The van der Waals surface area contributed by atoms with Gasteiger partial charge in [0.15, 0.2) is 0 Å². The molecule has 88 valence electrons. The quantitative estimate of drug-likeness (QED) is 0.870. The Morgan fingerprint density at radius 2 is 2.19 bits per heavy atom. The minimum atomic E-state index is -4.30. The van der Waals surface area contributed by atoms with Crippen LogP contribution in [0, 0.1) is 6.92 Å². The molecule has 6 heteroatoms. The second-order valence-electron chi connectivity index (χ2n) is 3.35. The third-order valence-electron chi connectivity index (χ3n) is 1.95. The lowest BCUT2D eigenvalue weighted by atomic mass is 10.2. The molecule has 0 aliphatic rings. The minimum Gasteiger partial charge on any atom is -0.325 e. The SMILES string of the molecule is Cc1ccncc1NC(=O)CCC(F)(F)F. The van der Waals surface area contributed by atoms with E-state index in [1.165, 1.54) is 6.20 Å². The van der Waals surface area contributed by atoms with Gasteiger partial charge >= 0.3 is 6.18 Å². The summed E-state index contributed by atoms with van der Waals surface area (Å²) in [6.45, 7) is 1.74. The van der Waals surface area contributed by atoms with Crippen LogP contribution in [0.3, 0.4) is 0 Å². The van der Waals surface area contributed by atoms with E-state index in [0.29, 0.717) is 5.69 Å². The van der Waals surface area contributed by atoms with Crippen LogP contribution in [0.2, 0.25) is 0 Å². The molecule has 0 radical (unpaired) electrons. The second-order valence-corrected chi connectivity index (χ2v) is 3.35. The molecule has 0 aliphatic heterocycles. The van der Waals surface area contributed by atoms with Gasteiger partial charge < -0.3 is 5.32 Å². The lowest BCUT2D eigenvalue weighted by Crippen LogP contribution is -2.17. The fourth-order valence-corrected chi connectivity index (χ4v) is 1.06. The molecule has 16 heavy (non-hydrogen) atoms. The molecule has 1 heterocycles. The van der Waals surface area contributed by atoms with Gasteiger partial charge in [-0.05, 0) is 18.6 Å². The molecule has 0 aliphatic carbocycles. The molecular weight excluding hydrogens is 221 g/mol. The molecule has 3 nitrogen and oxygen atoms in total. The van der Waals surface area contributed by atoms with E-state index in [4.69, 9.17) is 0 Å². The standard InChI is InChI=1S/C10H11F3N2O/c1-7-3-5-14-6-8(7)15-9(16)2-4-10(11,12)13/h3,5-6H,2,4H2,1H3,(H,15,16). The first-order chi connectivity index (χ1) is 7.38. The number of nitrogens with one attached hydrogen (secondary N) is 1. The van der Waals surface area contributed by atoms with Gasteiger partial charge in [-0.2, -0.15) is 13.2 Å². The van der Waals surface area contributed by atoms with E-state index in [0.717, 1.165) is 5.56 Å². The summed E-state index contributed by atoms with van der Waals surface area (Å²) in [6, 6.07) is 1.67. The Kier molecular flexibility index (Phi) is 3.87. The van der Waals surface area contributed by atoms with Crippen LogP contribution in [-0.2, 0) is 4.79 Å². The molecule has 0 spiro atoms. The first-order valence-electron chi connectivity index (χ1n) is 4.66. The van der Waals surface area contributed by atoms with Gasteiger partial charge in [0.05, 0.1) is 18.3 Å². The largest absolute Gasteiger partial charge is 0.389 e. The number of hydrogen-bond acceptors (Lipinski definition) is 2. The zero-order chi connectivity index (χ0) is 12.2. The number of amides is 1.